The summed E-state index contributed by atoms with van der Waals surface area (Å²) in [7, 11) is 0. The maximum absolute atomic E-state index is 13.5. The van der Waals surface area contributed by atoms with Crippen molar-refractivity contribution in [2.24, 2.45) is 0 Å². The van der Waals surface area contributed by atoms with E-state index in [2.05, 4.69) is 10.2 Å². The van der Waals surface area contributed by atoms with Crippen LogP contribution in [-0.2, 0) is 15.3 Å². The minimum Gasteiger partial charge on any atom is -0.507 e. The fourth-order valence-corrected chi connectivity index (χ4v) is 6.28. The molecular weight excluding hydrogens is 577 g/mol. The lowest BCUT2D eigenvalue weighted by molar-refractivity contribution is -0.132. The topological polar surface area (TPSA) is 102 Å². The first-order valence-corrected chi connectivity index (χ1v) is 15.2. The molecule has 1 amide bonds. The van der Waals surface area contributed by atoms with Gasteiger partial charge in [-0.2, -0.15) is 0 Å². The lowest BCUT2D eigenvalue weighted by Gasteiger charge is -2.23. The molecule has 42 heavy (non-hydrogen) atoms. The van der Waals surface area contributed by atoms with Gasteiger partial charge in [0.25, 0.3) is 5.78 Å². The number of rotatable bonds is 11. The third kappa shape index (κ3) is 6.32. The van der Waals surface area contributed by atoms with Crippen LogP contribution in [0.3, 0.4) is 0 Å². The van der Waals surface area contributed by atoms with Crippen molar-refractivity contribution < 1.29 is 28.6 Å². The second-order valence-corrected chi connectivity index (χ2v) is 11.5. The number of aromatic nitrogens is 2. The Morgan fingerprint density at radius 1 is 1.00 bits per heavy atom. The van der Waals surface area contributed by atoms with Crippen molar-refractivity contribution in [3.63, 3.8) is 0 Å². The number of ether oxygens (including phenoxy) is 2. The Hall–Kier alpha value is -4.22. The van der Waals surface area contributed by atoms with Crippen molar-refractivity contribution in [2.45, 2.75) is 36.4 Å². The Morgan fingerprint density at radius 3 is 2.48 bits per heavy atom. The molecule has 1 aromatic heterocycles. The Kier molecular flexibility index (Phi) is 9.19. The third-order valence-electron chi connectivity index (χ3n) is 6.41. The van der Waals surface area contributed by atoms with Gasteiger partial charge in [-0.15, -0.1) is 10.2 Å². The van der Waals surface area contributed by atoms with Crippen LogP contribution in [0.2, 0.25) is 0 Å². The minimum absolute atomic E-state index is 0.0633. The number of aliphatic hydroxyl groups is 1. The molecule has 1 aliphatic rings. The van der Waals surface area contributed by atoms with Gasteiger partial charge in [0.15, 0.2) is 4.34 Å². The molecule has 0 radical (unpaired) electrons. The van der Waals surface area contributed by atoms with Crippen molar-refractivity contribution in [1.29, 1.82) is 0 Å². The third-order valence-corrected chi connectivity index (χ3v) is 8.53. The molecule has 4 aromatic rings. The first-order chi connectivity index (χ1) is 20.4. The summed E-state index contributed by atoms with van der Waals surface area (Å²) >= 11 is 2.54. The van der Waals surface area contributed by atoms with Crippen LogP contribution in [-0.4, -0.2) is 40.2 Å². The average Bonchev–Trinajstić information content (AvgIpc) is 3.57. The molecule has 216 valence electrons. The number of ketones is 1. The number of benzene rings is 3. The van der Waals surface area contributed by atoms with E-state index in [0.29, 0.717) is 45.9 Å². The molecular formula is C31H28FN3O5S2. The van der Waals surface area contributed by atoms with Gasteiger partial charge in [-0.3, -0.25) is 14.5 Å². The number of carbonyl (C=O) groups excluding carboxylic acids is 2. The molecule has 0 bridgehead atoms. The SMILES string of the molecule is CCCOc1ccc(/C(O)=C2\C(=O)C(=O)N(c3nnc(SCc4ccc(F)cc4)s3)C2c2cccc(OCC)c2)cc1. The van der Waals surface area contributed by atoms with Crippen LogP contribution >= 0.6 is 23.1 Å². The average molecular weight is 606 g/mol. The molecule has 0 spiro atoms. The first-order valence-electron chi connectivity index (χ1n) is 13.4. The smallest absolute Gasteiger partial charge is 0.301 e. The van der Waals surface area contributed by atoms with E-state index in [9.17, 15) is 19.1 Å². The second-order valence-electron chi connectivity index (χ2n) is 9.31. The summed E-state index contributed by atoms with van der Waals surface area (Å²) in [6.07, 6.45) is 0.851. The molecule has 11 heteroatoms. The zero-order chi connectivity index (χ0) is 29.6. The highest BCUT2D eigenvalue weighted by Gasteiger charge is 2.48. The molecule has 0 aliphatic carbocycles. The van der Waals surface area contributed by atoms with Crippen molar-refractivity contribution in [3.05, 3.63) is 101 Å². The van der Waals surface area contributed by atoms with Crippen LogP contribution in [0.25, 0.3) is 5.76 Å². The molecule has 1 fully saturated rings. The number of anilines is 1. The molecule has 2 heterocycles. The standard InChI is InChI=1S/C31H28FN3O5S2/c1-3-16-40-23-14-10-20(11-15-23)27(36)25-26(21-6-5-7-24(17-21)39-4-2)35(29(38)28(25)37)30-33-34-31(42-30)41-18-19-8-12-22(32)13-9-19/h5-15,17,26,36H,3-4,16,18H2,1-2H3/b27-25+. The van der Waals surface area contributed by atoms with Gasteiger partial charge in [-0.1, -0.05) is 54.3 Å². The fraction of sp³-hybridized carbons (Fsp3) is 0.226. The van der Waals surface area contributed by atoms with E-state index in [-0.39, 0.29) is 22.3 Å². The number of halogens is 1. The summed E-state index contributed by atoms with van der Waals surface area (Å²) in [5.41, 5.74) is 1.78. The summed E-state index contributed by atoms with van der Waals surface area (Å²) in [6, 6.07) is 19.0. The van der Waals surface area contributed by atoms with Crippen LogP contribution in [0.4, 0.5) is 9.52 Å². The summed E-state index contributed by atoms with van der Waals surface area (Å²) in [4.78, 5) is 28.3. The van der Waals surface area contributed by atoms with Crippen LogP contribution in [0.15, 0.2) is 82.7 Å². The molecule has 1 unspecified atom stereocenters. The van der Waals surface area contributed by atoms with Gasteiger partial charge in [0.05, 0.1) is 24.8 Å². The summed E-state index contributed by atoms with van der Waals surface area (Å²) in [6.45, 7) is 4.85. The van der Waals surface area contributed by atoms with Crippen LogP contribution < -0.4 is 14.4 Å². The van der Waals surface area contributed by atoms with Crippen molar-refractivity contribution in [1.82, 2.24) is 10.2 Å². The van der Waals surface area contributed by atoms with Gasteiger partial charge < -0.3 is 14.6 Å². The highest BCUT2D eigenvalue weighted by atomic mass is 32.2. The van der Waals surface area contributed by atoms with Crippen LogP contribution in [0.1, 0.15) is 43.0 Å². The molecule has 8 nitrogen and oxygen atoms in total. The minimum atomic E-state index is -0.968. The number of hydrogen-bond acceptors (Lipinski definition) is 9. The number of carbonyl (C=O) groups is 2. The fourth-order valence-electron chi connectivity index (χ4n) is 4.45. The number of thioether (sulfide) groups is 1. The van der Waals surface area contributed by atoms with Crippen LogP contribution in [0.5, 0.6) is 11.5 Å². The first kappa shape index (κ1) is 29.3. The van der Waals surface area contributed by atoms with Gasteiger partial charge in [0.2, 0.25) is 5.13 Å². The molecule has 1 N–H and O–H groups in total. The van der Waals surface area contributed by atoms with E-state index in [1.165, 1.54) is 28.8 Å². The summed E-state index contributed by atoms with van der Waals surface area (Å²) in [5.74, 6) is -0.559. The highest BCUT2D eigenvalue weighted by Crippen LogP contribution is 2.44. The van der Waals surface area contributed by atoms with Gasteiger partial charge in [-0.05, 0) is 73.0 Å². The van der Waals surface area contributed by atoms with E-state index < -0.39 is 17.7 Å². The van der Waals surface area contributed by atoms with E-state index in [1.54, 1.807) is 60.7 Å². The van der Waals surface area contributed by atoms with Gasteiger partial charge >= 0.3 is 5.91 Å². The van der Waals surface area contributed by atoms with Crippen molar-refractivity contribution in [3.8, 4) is 11.5 Å². The summed E-state index contributed by atoms with van der Waals surface area (Å²) < 4.78 is 25.2. The molecule has 1 atom stereocenters. The molecule has 3 aromatic carbocycles. The van der Waals surface area contributed by atoms with Crippen molar-refractivity contribution >= 4 is 45.7 Å². The number of hydrogen-bond donors (Lipinski definition) is 1. The quantitative estimate of drug-likeness (QED) is 0.0656. The Balaban J connectivity index is 1.52. The normalized spacial score (nSPS) is 16.2. The van der Waals surface area contributed by atoms with E-state index in [0.717, 1.165) is 23.3 Å². The molecule has 5 rings (SSSR count). The Bertz CT molecular complexity index is 1610. The molecule has 0 saturated carbocycles. The zero-order valence-electron chi connectivity index (χ0n) is 23.0. The lowest BCUT2D eigenvalue weighted by Crippen LogP contribution is -2.29. The predicted molar refractivity (Wildman–Crippen MR) is 160 cm³/mol. The number of aliphatic hydroxyl groups excluding tert-OH is 1. The van der Waals surface area contributed by atoms with E-state index in [1.807, 2.05) is 13.8 Å². The Labute approximate surface area is 250 Å². The van der Waals surface area contributed by atoms with E-state index in [4.69, 9.17) is 9.47 Å². The number of amides is 1. The summed E-state index contributed by atoms with van der Waals surface area (Å²) in [5, 5.41) is 20.1. The van der Waals surface area contributed by atoms with Gasteiger partial charge in [0.1, 0.15) is 23.1 Å². The van der Waals surface area contributed by atoms with E-state index >= 15 is 0 Å². The highest BCUT2D eigenvalue weighted by molar-refractivity contribution is 8.00. The number of nitrogens with zero attached hydrogens (tertiary/aromatic N) is 3. The largest absolute Gasteiger partial charge is 0.507 e. The molecule has 1 saturated heterocycles. The number of Topliss-reactive ketones (excluding diaryl/α,β-unsaturated/α-hetero) is 1. The van der Waals surface area contributed by atoms with Gasteiger partial charge in [-0.25, -0.2) is 4.39 Å². The second kappa shape index (κ2) is 13.2. The van der Waals surface area contributed by atoms with Gasteiger partial charge in [0, 0.05) is 11.3 Å². The Morgan fingerprint density at radius 2 is 1.76 bits per heavy atom. The van der Waals surface area contributed by atoms with Crippen molar-refractivity contribution in [2.75, 3.05) is 18.1 Å². The monoisotopic (exact) mass is 605 g/mol. The zero-order valence-corrected chi connectivity index (χ0v) is 24.6. The van der Waals surface area contributed by atoms with Crippen LogP contribution in [0, 0.1) is 5.82 Å². The lowest BCUT2D eigenvalue weighted by atomic mass is 9.95. The molecule has 1 aliphatic heterocycles. The predicted octanol–water partition coefficient (Wildman–Crippen LogP) is 6.78. The maximum atomic E-state index is 13.5. The maximum Gasteiger partial charge on any atom is 0.301 e.